The second-order valence-electron chi connectivity index (χ2n) is 5.87. The van der Waals surface area contributed by atoms with Crippen LogP contribution in [0.1, 0.15) is 39.4 Å². The van der Waals surface area contributed by atoms with Gasteiger partial charge in [-0.15, -0.1) is 11.3 Å². The fourth-order valence-corrected chi connectivity index (χ4v) is 4.04. The number of rotatable bonds is 4. The number of benzene rings is 1. The van der Waals surface area contributed by atoms with E-state index in [-0.39, 0.29) is 12.5 Å². The van der Waals surface area contributed by atoms with E-state index in [2.05, 4.69) is 10.9 Å². The summed E-state index contributed by atoms with van der Waals surface area (Å²) in [4.78, 5) is 25.9. The van der Waals surface area contributed by atoms with Crippen molar-refractivity contribution in [2.45, 2.75) is 32.1 Å². The Morgan fingerprint density at radius 2 is 1.96 bits per heavy atom. The van der Waals surface area contributed by atoms with Crippen LogP contribution >= 0.6 is 22.9 Å². The molecule has 132 valence electrons. The van der Waals surface area contributed by atoms with Crippen molar-refractivity contribution in [3.8, 4) is 5.75 Å². The molecular weight excluding hydrogens is 360 g/mol. The zero-order chi connectivity index (χ0) is 17.6. The van der Waals surface area contributed by atoms with Gasteiger partial charge in [0.1, 0.15) is 5.75 Å². The van der Waals surface area contributed by atoms with Gasteiger partial charge in [-0.2, -0.15) is 0 Å². The molecule has 5 nitrogen and oxygen atoms in total. The van der Waals surface area contributed by atoms with Crippen molar-refractivity contribution in [1.82, 2.24) is 10.9 Å². The molecule has 0 bridgehead atoms. The molecule has 2 aromatic rings. The van der Waals surface area contributed by atoms with E-state index in [1.807, 2.05) is 6.07 Å². The number of nitrogens with one attached hydrogen (secondary N) is 2. The smallest absolute Gasteiger partial charge is 0.279 e. The Labute approximate surface area is 155 Å². The fourth-order valence-electron chi connectivity index (χ4n) is 2.71. The lowest BCUT2D eigenvalue weighted by molar-refractivity contribution is -0.123. The molecule has 7 heteroatoms. The van der Waals surface area contributed by atoms with Crippen molar-refractivity contribution >= 4 is 34.8 Å². The van der Waals surface area contributed by atoms with Crippen LogP contribution in [0.25, 0.3) is 0 Å². The van der Waals surface area contributed by atoms with Crippen molar-refractivity contribution in [2.24, 2.45) is 0 Å². The van der Waals surface area contributed by atoms with Gasteiger partial charge in [-0.05, 0) is 55.5 Å². The Balaban J connectivity index is 1.48. The zero-order valence-electron chi connectivity index (χ0n) is 13.6. The monoisotopic (exact) mass is 378 g/mol. The maximum Gasteiger partial charge on any atom is 0.279 e. The Morgan fingerprint density at radius 1 is 1.12 bits per heavy atom. The number of amides is 2. The minimum Gasteiger partial charge on any atom is -0.484 e. The van der Waals surface area contributed by atoms with Gasteiger partial charge < -0.3 is 4.74 Å². The van der Waals surface area contributed by atoms with E-state index >= 15 is 0 Å². The lowest BCUT2D eigenvalue weighted by atomic mass is 10.1. The van der Waals surface area contributed by atoms with E-state index in [1.54, 1.807) is 24.3 Å². The molecule has 2 amide bonds. The van der Waals surface area contributed by atoms with Crippen LogP contribution in [-0.2, 0) is 17.6 Å². The van der Waals surface area contributed by atoms with Crippen LogP contribution in [0.5, 0.6) is 5.75 Å². The normalized spacial score (nSPS) is 13.5. The molecule has 0 atom stereocenters. The van der Waals surface area contributed by atoms with Gasteiger partial charge in [0.05, 0.1) is 4.88 Å². The highest BCUT2D eigenvalue weighted by Gasteiger charge is 2.16. The Kier molecular flexibility index (Phi) is 5.94. The molecule has 0 unspecified atom stereocenters. The minimum atomic E-state index is -0.438. The molecule has 1 aromatic heterocycles. The number of fused-ring (bicyclic) bond motifs is 1. The van der Waals surface area contributed by atoms with E-state index < -0.39 is 5.91 Å². The average molecular weight is 379 g/mol. The van der Waals surface area contributed by atoms with E-state index in [0.717, 1.165) is 12.8 Å². The molecule has 1 aliphatic rings. The van der Waals surface area contributed by atoms with Crippen molar-refractivity contribution in [2.75, 3.05) is 6.61 Å². The van der Waals surface area contributed by atoms with E-state index in [0.29, 0.717) is 15.6 Å². The molecule has 25 heavy (non-hydrogen) atoms. The third kappa shape index (κ3) is 4.96. The van der Waals surface area contributed by atoms with Crippen molar-refractivity contribution in [3.05, 3.63) is 50.7 Å². The molecule has 0 aliphatic heterocycles. The third-order valence-electron chi connectivity index (χ3n) is 3.95. The summed E-state index contributed by atoms with van der Waals surface area (Å²) in [6.07, 6.45) is 5.65. The molecule has 0 radical (unpaired) electrons. The van der Waals surface area contributed by atoms with Crippen LogP contribution in [0.3, 0.4) is 0 Å². The van der Waals surface area contributed by atoms with Gasteiger partial charge >= 0.3 is 0 Å². The van der Waals surface area contributed by atoms with Crippen molar-refractivity contribution in [3.63, 3.8) is 0 Å². The molecule has 3 rings (SSSR count). The Morgan fingerprint density at radius 3 is 2.80 bits per heavy atom. The molecule has 0 saturated carbocycles. The number of carbonyl (C=O) groups excluding carboxylic acids is 2. The second kappa shape index (κ2) is 8.36. The van der Waals surface area contributed by atoms with Crippen LogP contribution in [0.2, 0.25) is 5.02 Å². The molecular formula is C18H19ClN2O3S. The first kappa shape index (κ1) is 17.8. The lowest BCUT2D eigenvalue weighted by Crippen LogP contribution is -2.43. The summed E-state index contributed by atoms with van der Waals surface area (Å²) in [6, 6.07) is 8.72. The highest BCUT2D eigenvalue weighted by atomic mass is 35.5. The first-order chi connectivity index (χ1) is 12.1. The zero-order valence-corrected chi connectivity index (χ0v) is 15.2. The summed E-state index contributed by atoms with van der Waals surface area (Å²) >= 11 is 7.36. The highest BCUT2D eigenvalue weighted by molar-refractivity contribution is 7.14. The van der Waals surface area contributed by atoms with Crippen LogP contribution in [-0.4, -0.2) is 18.4 Å². The first-order valence-corrected chi connectivity index (χ1v) is 9.40. The number of halogens is 1. The average Bonchev–Trinajstić information content (AvgIpc) is 2.89. The third-order valence-corrected chi connectivity index (χ3v) is 5.42. The number of ether oxygens (including phenoxy) is 1. The van der Waals surface area contributed by atoms with Gasteiger partial charge in [-0.1, -0.05) is 24.1 Å². The first-order valence-electron chi connectivity index (χ1n) is 8.21. The molecule has 0 spiro atoms. The van der Waals surface area contributed by atoms with Gasteiger partial charge in [0.25, 0.3) is 11.8 Å². The van der Waals surface area contributed by atoms with Gasteiger partial charge in [0.2, 0.25) is 0 Å². The Hall–Kier alpha value is -2.05. The predicted octanol–water partition coefficient (Wildman–Crippen LogP) is 3.51. The van der Waals surface area contributed by atoms with Crippen LogP contribution in [0.15, 0.2) is 30.3 Å². The standard InChI is InChI=1S/C18H19ClN2O3S/c19-13-6-4-7-14(10-13)24-11-17(22)20-21-18(23)16-9-12-5-2-1-3-8-15(12)25-16/h4,6-7,9-10H,1-3,5,8,11H2,(H,20,22)(H,21,23). The SMILES string of the molecule is O=C(COc1cccc(Cl)c1)NNC(=O)c1cc2c(s1)CCCCC2. The lowest BCUT2D eigenvalue weighted by Gasteiger charge is -2.08. The summed E-state index contributed by atoms with van der Waals surface area (Å²) in [7, 11) is 0. The maximum atomic E-state index is 12.2. The van der Waals surface area contributed by atoms with Crippen molar-refractivity contribution in [1.29, 1.82) is 0 Å². The summed E-state index contributed by atoms with van der Waals surface area (Å²) in [5.74, 6) is -0.239. The number of carbonyl (C=O) groups is 2. The van der Waals surface area contributed by atoms with Gasteiger partial charge in [-0.25, -0.2) is 0 Å². The van der Waals surface area contributed by atoms with Crippen LogP contribution in [0.4, 0.5) is 0 Å². The number of thiophene rings is 1. The molecule has 0 fully saturated rings. The summed E-state index contributed by atoms with van der Waals surface area (Å²) in [5.41, 5.74) is 6.07. The molecule has 1 heterocycles. The van der Waals surface area contributed by atoms with E-state index in [9.17, 15) is 9.59 Å². The largest absolute Gasteiger partial charge is 0.484 e. The summed E-state index contributed by atoms with van der Waals surface area (Å²) < 4.78 is 5.32. The summed E-state index contributed by atoms with van der Waals surface area (Å²) in [5, 5.41) is 0.531. The van der Waals surface area contributed by atoms with Gasteiger partial charge in [-0.3, -0.25) is 20.4 Å². The number of hydrazine groups is 1. The van der Waals surface area contributed by atoms with Gasteiger partial charge in [0, 0.05) is 9.90 Å². The summed E-state index contributed by atoms with van der Waals surface area (Å²) in [6.45, 7) is -0.207. The maximum absolute atomic E-state index is 12.2. The van der Waals surface area contributed by atoms with Crippen LogP contribution in [0, 0.1) is 0 Å². The Bertz CT molecular complexity index is 752. The van der Waals surface area contributed by atoms with Crippen molar-refractivity contribution < 1.29 is 14.3 Å². The molecule has 1 aliphatic carbocycles. The molecule has 1 aromatic carbocycles. The van der Waals surface area contributed by atoms with E-state index in [4.69, 9.17) is 16.3 Å². The fraction of sp³-hybridized carbons (Fsp3) is 0.333. The predicted molar refractivity (Wildman–Crippen MR) is 98.1 cm³/mol. The van der Waals surface area contributed by atoms with Gasteiger partial charge in [0.15, 0.2) is 6.61 Å². The molecule has 2 N–H and O–H groups in total. The second-order valence-corrected chi connectivity index (χ2v) is 7.44. The minimum absolute atomic E-state index is 0.207. The number of hydrogen-bond acceptors (Lipinski definition) is 4. The number of hydrogen-bond donors (Lipinski definition) is 2. The van der Waals surface area contributed by atoms with Crippen LogP contribution < -0.4 is 15.6 Å². The van der Waals surface area contributed by atoms with E-state index in [1.165, 1.54) is 41.0 Å². The topological polar surface area (TPSA) is 67.4 Å². The number of aryl methyl sites for hydroxylation is 2. The quantitative estimate of drug-likeness (QED) is 0.632. The molecule has 0 saturated heterocycles. The highest BCUT2D eigenvalue weighted by Crippen LogP contribution is 2.28.